The molecule has 2 heteroatoms. The van der Waals surface area contributed by atoms with Crippen molar-refractivity contribution in [3.8, 4) is 0 Å². The summed E-state index contributed by atoms with van der Waals surface area (Å²) in [5.41, 5.74) is 1.00. The van der Waals surface area contributed by atoms with E-state index in [2.05, 4.69) is 37.4 Å². The molecule has 0 rings (SSSR count). The van der Waals surface area contributed by atoms with E-state index in [9.17, 15) is 0 Å². The molecule has 0 heterocycles. The van der Waals surface area contributed by atoms with Crippen LogP contribution in [-0.2, 0) is 10.9 Å². The van der Waals surface area contributed by atoms with Crippen LogP contribution in [0.1, 0.15) is 13.3 Å². The standard InChI is InChI=1S/C9H18NS/c1-6-9(11(4)5)7-8(2)10-3/h7,10H,2,6H2,1,3-5H3/q+1/b9-7+. The van der Waals surface area contributed by atoms with Gasteiger partial charge in [-0.3, -0.25) is 0 Å². The van der Waals surface area contributed by atoms with E-state index in [0.717, 1.165) is 12.1 Å². The predicted octanol–water partition coefficient (Wildman–Crippen LogP) is 1.89. The fraction of sp³-hybridized carbons (Fsp3) is 0.556. The first-order chi connectivity index (χ1) is 5.11. The minimum atomic E-state index is 0.385. The van der Waals surface area contributed by atoms with E-state index in [1.54, 1.807) is 0 Å². The zero-order valence-electron chi connectivity index (χ0n) is 7.90. The van der Waals surface area contributed by atoms with E-state index in [1.165, 1.54) is 4.91 Å². The Morgan fingerprint density at radius 1 is 1.55 bits per heavy atom. The normalized spacial score (nSPS) is 11.9. The van der Waals surface area contributed by atoms with Gasteiger partial charge in [-0.25, -0.2) is 0 Å². The maximum atomic E-state index is 3.86. The number of allylic oxidation sites excluding steroid dienone is 2. The lowest BCUT2D eigenvalue weighted by Gasteiger charge is -2.01. The van der Waals surface area contributed by atoms with Crippen LogP contribution in [-0.4, -0.2) is 19.6 Å². The van der Waals surface area contributed by atoms with Crippen LogP contribution >= 0.6 is 0 Å². The van der Waals surface area contributed by atoms with E-state index in [1.807, 2.05) is 7.05 Å². The fourth-order valence-electron chi connectivity index (χ4n) is 0.775. The minimum Gasteiger partial charge on any atom is -0.388 e. The molecule has 0 radical (unpaired) electrons. The smallest absolute Gasteiger partial charge is 0.133 e. The molecule has 64 valence electrons. The van der Waals surface area contributed by atoms with Crippen LogP contribution in [0.3, 0.4) is 0 Å². The van der Waals surface area contributed by atoms with E-state index in [-0.39, 0.29) is 0 Å². The zero-order valence-corrected chi connectivity index (χ0v) is 8.72. The van der Waals surface area contributed by atoms with Gasteiger partial charge in [-0.05, 0) is 0 Å². The summed E-state index contributed by atoms with van der Waals surface area (Å²) in [6, 6.07) is 0. The van der Waals surface area contributed by atoms with Crippen LogP contribution in [0.2, 0.25) is 0 Å². The lowest BCUT2D eigenvalue weighted by atomic mass is 10.3. The number of rotatable bonds is 4. The molecule has 0 aromatic rings. The third kappa shape index (κ3) is 4.14. The van der Waals surface area contributed by atoms with Crippen molar-refractivity contribution >= 4 is 10.9 Å². The van der Waals surface area contributed by atoms with Crippen molar-refractivity contribution in [2.75, 3.05) is 19.6 Å². The van der Waals surface area contributed by atoms with Crippen molar-refractivity contribution in [1.29, 1.82) is 0 Å². The van der Waals surface area contributed by atoms with Crippen LogP contribution < -0.4 is 5.32 Å². The summed E-state index contributed by atoms with van der Waals surface area (Å²) in [6.45, 7) is 6.04. The van der Waals surface area contributed by atoms with Crippen LogP contribution in [0.25, 0.3) is 0 Å². The fourth-order valence-corrected chi connectivity index (χ4v) is 1.73. The monoisotopic (exact) mass is 172 g/mol. The second kappa shape index (κ2) is 5.30. The first-order valence-corrected chi connectivity index (χ1v) is 5.80. The second-order valence-corrected chi connectivity index (χ2v) is 4.71. The molecule has 0 saturated carbocycles. The van der Waals surface area contributed by atoms with Crippen molar-refractivity contribution < 1.29 is 0 Å². The number of hydrogen-bond acceptors (Lipinski definition) is 1. The lowest BCUT2D eigenvalue weighted by Crippen LogP contribution is -2.05. The van der Waals surface area contributed by atoms with Gasteiger partial charge in [-0.1, -0.05) is 13.5 Å². The third-order valence-corrected chi connectivity index (χ3v) is 2.98. The van der Waals surface area contributed by atoms with Gasteiger partial charge in [0, 0.05) is 36.1 Å². The Bertz CT molecular complexity index is 159. The molecule has 0 unspecified atom stereocenters. The molecule has 0 fully saturated rings. The molecule has 0 amide bonds. The summed E-state index contributed by atoms with van der Waals surface area (Å²) >= 11 is 0. The van der Waals surface area contributed by atoms with Crippen molar-refractivity contribution in [2.45, 2.75) is 13.3 Å². The molecule has 11 heavy (non-hydrogen) atoms. The number of nitrogens with one attached hydrogen (secondary N) is 1. The first kappa shape index (κ1) is 10.6. The minimum absolute atomic E-state index is 0.385. The SMILES string of the molecule is C=C(/C=C(\CC)[S+](C)C)NC. The molecule has 0 spiro atoms. The summed E-state index contributed by atoms with van der Waals surface area (Å²) in [4.78, 5) is 1.48. The van der Waals surface area contributed by atoms with Gasteiger partial charge in [0.05, 0.1) is 0 Å². The Morgan fingerprint density at radius 2 is 2.09 bits per heavy atom. The molecule has 0 aromatic carbocycles. The third-order valence-electron chi connectivity index (χ3n) is 1.53. The molecule has 0 aliphatic rings. The van der Waals surface area contributed by atoms with Crippen molar-refractivity contribution in [1.82, 2.24) is 5.32 Å². The van der Waals surface area contributed by atoms with Crippen molar-refractivity contribution in [3.63, 3.8) is 0 Å². The highest BCUT2D eigenvalue weighted by molar-refractivity contribution is 7.99. The Morgan fingerprint density at radius 3 is 2.36 bits per heavy atom. The van der Waals surface area contributed by atoms with E-state index in [0.29, 0.717) is 10.9 Å². The average Bonchev–Trinajstić information content (AvgIpc) is 1.99. The molecular formula is C9H18NS+. The van der Waals surface area contributed by atoms with Gasteiger partial charge >= 0.3 is 0 Å². The zero-order chi connectivity index (χ0) is 8.85. The molecule has 0 saturated heterocycles. The molecule has 0 aromatic heterocycles. The summed E-state index contributed by atoms with van der Waals surface area (Å²) < 4.78 is 0. The Hall–Kier alpha value is -0.370. The largest absolute Gasteiger partial charge is 0.388 e. The Kier molecular flexibility index (Phi) is 5.12. The molecule has 1 nitrogen and oxygen atoms in total. The summed E-state index contributed by atoms with van der Waals surface area (Å²) in [7, 11) is 2.28. The molecule has 0 bridgehead atoms. The molecule has 0 atom stereocenters. The van der Waals surface area contributed by atoms with Crippen LogP contribution in [0, 0.1) is 0 Å². The molecule has 0 aliphatic carbocycles. The second-order valence-electron chi connectivity index (χ2n) is 2.56. The maximum absolute atomic E-state index is 3.86. The van der Waals surface area contributed by atoms with Gasteiger partial charge in [0.2, 0.25) is 0 Å². The molecule has 0 aliphatic heterocycles. The van der Waals surface area contributed by atoms with Crippen LogP contribution in [0.5, 0.6) is 0 Å². The highest BCUT2D eigenvalue weighted by Gasteiger charge is 2.09. The molecule has 1 N–H and O–H groups in total. The summed E-state index contributed by atoms with van der Waals surface area (Å²) in [5.74, 6) is 0. The van der Waals surface area contributed by atoms with Crippen LogP contribution in [0.15, 0.2) is 23.3 Å². The van der Waals surface area contributed by atoms with Crippen molar-refractivity contribution in [3.05, 3.63) is 23.3 Å². The summed E-state index contributed by atoms with van der Waals surface area (Å²) in [6.07, 6.45) is 7.73. The van der Waals surface area contributed by atoms with E-state index < -0.39 is 0 Å². The van der Waals surface area contributed by atoms with Crippen LogP contribution in [0.4, 0.5) is 0 Å². The average molecular weight is 172 g/mol. The van der Waals surface area contributed by atoms with E-state index in [4.69, 9.17) is 0 Å². The van der Waals surface area contributed by atoms with Gasteiger partial charge in [0.25, 0.3) is 0 Å². The Balaban J connectivity index is 4.23. The highest BCUT2D eigenvalue weighted by atomic mass is 32.2. The van der Waals surface area contributed by atoms with E-state index >= 15 is 0 Å². The number of hydrogen-bond donors (Lipinski definition) is 1. The topological polar surface area (TPSA) is 12.0 Å². The van der Waals surface area contributed by atoms with Gasteiger partial charge in [-0.15, -0.1) is 0 Å². The lowest BCUT2D eigenvalue weighted by molar-refractivity contribution is 1.03. The maximum Gasteiger partial charge on any atom is 0.133 e. The van der Waals surface area contributed by atoms with Crippen molar-refractivity contribution in [2.24, 2.45) is 0 Å². The van der Waals surface area contributed by atoms with Gasteiger partial charge < -0.3 is 5.32 Å². The predicted molar refractivity (Wildman–Crippen MR) is 55.8 cm³/mol. The van der Waals surface area contributed by atoms with Gasteiger partial charge in [0.15, 0.2) is 0 Å². The summed E-state index contributed by atoms with van der Waals surface area (Å²) in [5, 5.41) is 3.02. The Labute approximate surface area is 72.9 Å². The number of likely N-dealkylation sites (N-methyl/N-ethyl adjacent to an activating group) is 1. The quantitative estimate of drug-likeness (QED) is 0.504. The van der Waals surface area contributed by atoms with Gasteiger partial charge in [-0.2, -0.15) is 0 Å². The first-order valence-electron chi connectivity index (χ1n) is 3.76. The molecular weight excluding hydrogens is 154 g/mol. The highest BCUT2D eigenvalue weighted by Crippen LogP contribution is 2.10. The van der Waals surface area contributed by atoms with Gasteiger partial charge in [0.1, 0.15) is 17.4 Å².